The second-order valence-corrected chi connectivity index (χ2v) is 9.26. The number of anilines is 1. The molecule has 2 heterocycles. The van der Waals surface area contributed by atoms with Gasteiger partial charge in [0.25, 0.3) is 0 Å². The molecule has 0 spiro atoms. The molecule has 10 nitrogen and oxygen atoms in total. The van der Waals surface area contributed by atoms with E-state index >= 15 is 0 Å². The summed E-state index contributed by atoms with van der Waals surface area (Å²) in [5, 5.41) is 2.49. The van der Waals surface area contributed by atoms with Gasteiger partial charge in [0, 0.05) is 38.0 Å². The Bertz CT molecular complexity index is 842. The van der Waals surface area contributed by atoms with Crippen molar-refractivity contribution in [1.82, 2.24) is 9.55 Å². The quantitative estimate of drug-likeness (QED) is 0.434. The van der Waals surface area contributed by atoms with Gasteiger partial charge in [0.05, 0.1) is 19.8 Å². The summed E-state index contributed by atoms with van der Waals surface area (Å²) in [5.74, 6) is 1.23. The summed E-state index contributed by atoms with van der Waals surface area (Å²) in [6, 6.07) is 1.57. The van der Waals surface area contributed by atoms with Crippen molar-refractivity contribution in [2.45, 2.75) is 59.3 Å². The Kier molecular flexibility index (Phi) is 11.3. The fraction of sp³-hybridized carbons (Fsp3) is 0.667. The van der Waals surface area contributed by atoms with Gasteiger partial charge in [0.2, 0.25) is 5.91 Å². The smallest absolute Gasteiger partial charge is 0.353 e. The summed E-state index contributed by atoms with van der Waals surface area (Å²) < 4.78 is 36.4. The fourth-order valence-electron chi connectivity index (χ4n) is 3.17. The number of nitrogens with one attached hydrogen (secondary N) is 1. The number of rotatable bonds is 13. The van der Waals surface area contributed by atoms with Gasteiger partial charge in [-0.25, -0.2) is 4.79 Å². The van der Waals surface area contributed by atoms with Crippen LogP contribution in [0.15, 0.2) is 29.0 Å². The molecule has 2 atom stereocenters. The van der Waals surface area contributed by atoms with Crippen molar-refractivity contribution in [2.24, 2.45) is 5.92 Å². The zero-order valence-electron chi connectivity index (χ0n) is 19.0. The largest absolute Gasteiger partial charge is 0.353 e. The van der Waals surface area contributed by atoms with Gasteiger partial charge < -0.3 is 23.8 Å². The highest BCUT2D eigenvalue weighted by Crippen LogP contribution is 2.49. The van der Waals surface area contributed by atoms with Gasteiger partial charge in [-0.3, -0.25) is 13.9 Å². The van der Waals surface area contributed by atoms with Gasteiger partial charge in [-0.2, -0.15) is 4.98 Å². The van der Waals surface area contributed by atoms with E-state index in [2.05, 4.69) is 10.3 Å². The molecule has 1 fully saturated rings. The van der Waals surface area contributed by atoms with Gasteiger partial charge in [-0.15, -0.1) is 0 Å². The zero-order valence-corrected chi connectivity index (χ0v) is 19.9. The van der Waals surface area contributed by atoms with Gasteiger partial charge in [0.1, 0.15) is 5.82 Å². The summed E-state index contributed by atoms with van der Waals surface area (Å²) in [6.45, 7) is 6.77. The maximum absolute atomic E-state index is 12.8. The molecule has 0 aliphatic carbocycles. The minimum absolute atomic E-state index is 0.156. The molecular weight excluding hydrogens is 437 g/mol. The third-order valence-electron chi connectivity index (χ3n) is 4.71. The number of hydrogen-bond acceptors (Lipinski definition) is 8. The lowest BCUT2D eigenvalue weighted by atomic mass is 10.1. The van der Waals surface area contributed by atoms with E-state index < -0.39 is 13.3 Å². The number of carbonyl (C=O) groups excluding carboxylic acids is 1. The van der Waals surface area contributed by atoms with Gasteiger partial charge >= 0.3 is 13.3 Å². The molecular formula is C21H34N3O7P. The number of hydrogen-bond donors (Lipinski definition) is 1. The molecule has 11 heteroatoms. The average molecular weight is 471 g/mol. The van der Waals surface area contributed by atoms with Crippen LogP contribution in [0, 0.1) is 5.92 Å². The lowest BCUT2D eigenvalue weighted by molar-refractivity contribution is -0.167. The summed E-state index contributed by atoms with van der Waals surface area (Å²) in [4.78, 5) is 27.3. The van der Waals surface area contributed by atoms with E-state index in [1.807, 2.05) is 0 Å². The molecule has 1 saturated heterocycles. The second kappa shape index (κ2) is 13.6. The molecule has 1 aliphatic rings. The number of aromatic nitrogens is 2. The van der Waals surface area contributed by atoms with Crippen LogP contribution in [0.4, 0.5) is 5.82 Å². The van der Waals surface area contributed by atoms with Crippen LogP contribution in [-0.2, 0) is 34.4 Å². The Labute approximate surface area is 188 Å². The van der Waals surface area contributed by atoms with Crippen molar-refractivity contribution in [3.63, 3.8) is 0 Å². The Hall–Kier alpha value is -1.84. The Morgan fingerprint density at radius 1 is 1.38 bits per heavy atom. The normalized spacial score (nSPS) is 18.0. The van der Waals surface area contributed by atoms with Crippen LogP contribution in [-0.4, -0.2) is 48.2 Å². The van der Waals surface area contributed by atoms with E-state index in [1.54, 1.807) is 32.2 Å². The van der Waals surface area contributed by atoms with E-state index in [-0.39, 0.29) is 37.1 Å². The second-order valence-electron chi connectivity index (χ2n) is 7.37. The van der Waals surface area contributed by atoms with Gasteiger partial charge in [-0.05, 0) is 45.6 Å². The van der Waals surface area contributed by atoms with E-state index in [0.717, 1.165) is 19.3 Å². The van der Waals surface area contributed by atoms with Crippen LogP contribution in [0.5, 0.6) is 0 Å². The predicted molar refractivity (Wildman–Crippen MR) is 120 cm³/mol. The van der Waals surface area contributed by atoms with Crippen LogP contribution in [0.25, 0.3) is 0 Å². The molecule has 0 saturated carbocycles. The average Bonchev–Trinajstić information content (AvgIpc) is 2.75. The van der Waals surface area contributed by atoms with Gasteiger partial charge in [-0.1, -0.05) is 6.08 Å². The van der Waals surface area contributed by atoms with E-state index in [1.165, 1.54) is 17.3 Å². The predicted octanol–water partition coefficient (Wildman–Crippen LogP) is 3.53. The standard InChI is InChI=1S/C21H34N3O7P/c1-4-30-32(27,31-5-2)15-11-18(16-29-20-8-6-7-14-28-20)9-12-24-13-10-19(22-17(3)25)23-21(24)26/h10-11,13,15,18,20H,4-9,12,14,16H2,1-3H3,(H,22,23,25,26)/b15-11+/t18-,20+/m1/s1. The zero-order chi connectivity index (χ0) is 23.4. The summed E-state index contributed by atoms with van der Waals surface area (Å²) >= 11 is 0. The Morgan fingerprint density at radius 2 is 2.12 bits per heavy atom. The van der Waals surface area contributed by atoms with E-state index in [0.29, 0.717) is 26.2 Å². The van der Waals surface area contributed by atoms with Crippen molar-refractivity contribution < 1.29 is 27.9 Å². The molecule has 0 unspecified atom stereocenters. The first-order valence-electron chi connectivity index (χ1n) is 11.0. The fourth-order valence-corrected chi connectivity index (χ4v) is 4.59. The van der Waals surface area contributed by atoms with Crippen molar-refractivity contribution in [2.75, 3.05) is 31.7 Å². The molecule has 1 aliphatic heterocycles. The third kappa shape index (κ3) is 9.34. The van der Waals surface area contributed by atoms with Crippen LogP contribution in [0.1, 0.15) is 46.5 Å². The molecule has 0 radical (unpaired) electrons. The van der Waals surface area contributed by atoms with Crippen LogP contribution < -0.4 is 11.0 Å². The first-order chi connectivity index (χ1) is 15.3. The molecule has 0 bridgehead atoms. The highest BCUT2D eigenvalue weighted by Gasteiger charge is 2.21. The Balaban J connectivity index is 2.07. The maximum Gasteiger partial charge on any atom is 0.353 e. The molecule has 180 valence electrons. The number of aryl methyl sites for hydroxylation is 1. The topological polar surface area (TPSA) is 118 Å². The molecule has 1 aromatic rings. The number of amides is 1. The van der Waals surface area contributed by atoms with Crippen molar-refractivity contribution in [3.8, 4) is 0 Å². The Morgan fingerprint density at radius 3 is 2.72 bits per heavy atom. The third-order valence-corrected chi connectivity index (χ3v) is 6.49. The van der Waals surface area contributed by atoms with Gasteiger partial charge in [0.15, 0.2) is 6.29 Å². The van der Waals surface area contributed by atoms with E-state index in [9.17, 15) is 14.2 Å². The molecule has 1 N–H and O–H groups in total. The summed E-state index contributed by atoms with van der Waals surface area (Å²) in [5.41, 5.74) is -0.468. The summed E-state index contributed by atoms with van der Waals surface area (Å²) in [7, 11) is -3.34. The lowest BCUT2D eigenvalue weighted by Gasteiger charge is -2.25. The molecule has 2 rings (SSSR count). The monoisotopic (exact) mass is 471 g/mol. The maximum atomic E-state index is 12.8. The molecule has 1 aromatic heterocycles. The van der Waals surface area contributed by atoms with Crippen LogP contribution in [0.3, 0.4) is 0 Å². The first-order valence-corrected chi connectivity index (χ1v) is 12.6. The van der Waals surface area contributed by atoms with Crippen molar-refractivity contribution >= 4 is 19.3 Å². The van der Waals surface area contributed by atoms with Crippen LogP contribution in [0.2, 0.25) is 0 Å². The van der Waals surface area contributed by atoms with Crippen molar-refractivity contribution in [1.29, 1.82) is 0 Å². The molecule has 32 heavy (non-hydrogen) atoms. The highest BCUT2D eigenvalue weighted by atomic mass is 31.2. The van der Waals surface area contributed by atoms with Crippen LogP contribution >= 0.6 is 7.60 Å². The number of carbonyl (C=O) groups is 1. The molecule has 1 amide bonds. The highest BCUT2D eigenvalue weighted by molar-refractivity contribution is 7.57. The molecule has 0 aromatic carbocycles. The summed E-state index contributed by atoms with van der Waals surface area (Å²) in [6.07, 6.45) is 6.53. The number of ether oxygens (including phenoxy) is 2. The minimum Gasteiger partial charge on any atom is -0.353 e. The number of nitrogens with zero attached hydrogens (tertiary/aromatic N) is 2. The SMILES string of the molecule is CCOP(=O)(/C=C/[C@@H](CCn1ccc(NC(C)=O)nc1=O)CO[C@H]1CCCCO1)OCC. The van der Waals surface area contributed by atoms with Crippen molar-refractivity contribution in [3.05, 3.63) is 34.6 Å². The lowest BCUT2D eigenvalue weighted by Crippen LogP contribution is -2.27. The van der Waals surface area contributed by atoms with E-state index in [4.69, 9.17) is 18.5 Å². The minimum atomic E-state index is -3.34. The first kappa shape index (κ1) is 26.4.